The van der Waals surface area contributed by atoms with Gasteiger partial charge in [-0.1, -0.05) is 59.9 Å². The number of amides is 1. The van der Waals surface area contributed by atoms with Gasteiger partial charge in [-0.15, -0.1) is 0 Å². The fourth-order valence-corrected chi connectivity index (χ4v) is 3.97. The molecular weight excluding hydrogens is 424 g/mol. The van der Waals surface area contributed by atoms with Crippen LogP contribution in [0.15, 0.2) is 72.9 Å². The Morgan fingerprint density at radius 2 is 1.75 bits per heavy atom. The minimum absolute atomic E-state index is 0.334. The fourth-order valence-electron chi connectivity index (χ4n) is 3.09. The third kappa shape index (κ3) is 4.65. The van der Waals surface area contributed by atoms with Gasteiger partial charge in [0.15, 0.2) is 5.13 Å². The van der Waals surface area contributed by atoms with Crippen molar-refractivity contribution in [2.75, 3.05) is 12.4 Å². The lowest BCUT2D eigenvalue weighted by atomic mass is 10.1. The highest BCUT2D eigenvalue weighted by Gasteiger charge is 2.16. The molecule has 4 rings (SSSR count). The average molecular weight is 445 g/mol. The van der Waals surface area contributed by atoms with Gasteiger partial charge in [-0.3, -0.25) is 10.1 Å². The van der Waals surface area contributed by atoms with E-state index in [9.17, 15) is 9.59 Å². The van der Waals surface area contributed by atoms with Crippen LogP contribution in [0.25, 0.3) is 23.0 Å². The van der Waals surface area contributed by atoms with Crippen LogP contribution in [0.3, 0.4) is 0 Å². The number of thiazole rings is 1. The minimum Gasteiger partial charge on any atom is -0.465 e. The number of aromatic nitrogens is 3. The zero-order chi connectivity index (χ0) is 22.5. The predicted molar refractivity (Wildman–Crippen MR) is 125 cm³/mol. The highest BCUT2D eigenvalue weighted by atomic mass is 32.1. The van der Waals surface area contributed by atoms with E-state index < -0.39 is 5.97 Å². The summed E-state index contributed by atoms with van der Waals surface area (Å²) >= 11 is 1.08. The molecule has 8 heteroatoms. The summed E-state index contributed by atoms with van der Waals surface area (Å²) in [5.74, 6) is -0.835. The molecule has 0 aliphatic heterocycles. The Labute approximate surface area is 189 Å². The third-order valence-corrected chi connectivity index (χ3v) is 5.68. The Morgan fingerprint density at radius 3 is 2.44 bits per heavy atom. The Bertz CT molecular complexity index is 1280. The van der Waals surface area contributed by atoms with E-state index in [2.05, 4.69) is 10.3 Å². The molecule has 4 aromatic rings. The van der Waals surface area contributed by atoms with Crippen LogP contribution in [0, 0.1) is 6.92 Å². The van der Waals surface area contributed by atoms with Gasteiger partial charge in [0.2, 0.25) is 5.91 Å². The van der Waals surface area contributed by atoms with Crippen molar-refractivity contribution in [1.82, 2.24) is 14.8 Å². The van der Waals surface area contributed by atoms with Gasteiger partial charge in [-0.05, 0) is 25.1 Å². The average Bonchev–Trinajstić information content (AvgIpc) is 3.42. The molecule has 0 aliphatic carbocycles. The molecule has 2 aromatic heterocycles. The van der Waals surface area contributed by atoms with Crippen LogP contribution in [-0.2, 0) is 9.53 Å². The molecule has 2 aromatic carbocycles. The van der Waals surface area contributed by atoms with Crippen LogP contribution >= 0.6 is 11.3 Å². The summed E-state index contributed by atoms with van der Waals surface area (Å²) in [5.41, 5.74) is 3.93. The Balaban J connectivity index is 1.59. The van der Waals surface area contributed by atoms with Crippen LogP contribution in [-0.4, -0.2) is 33.8 Å². The number of esters is 1. The van der Waals surface area contributed by atoms with E-state index in [0.29, 0.717) is 15.7 Å². The van der Waals surface area contributed by atoms with Crippen molar-refractivity contribution in [1.29, 1.82) is 0 Å². The molecule has 0 saturated carbocycles. The molecule has 32 heavy (non-hydrogen) atoms. The van der Waals surface area contributed by atoms with E-state index in [1.54, 1.807) is 17.7 Å². The third-order valence-electron chi connectivity index (χ3n) is 4.62. The number of methoxy groups -OCH3 is 1. The number of anilines is 1. The number of nitrogens with one attached hydrogen (secondary N) is 1. The Morgan fingerprint density at radius 1 is 1.06 bits per heavy atom. The summed E-state index contributed by atoms with van der Waals surface area (Å²) in [5, 5.41) is 7.76. The molecule has 0 bridgehead atoms. The quantitative estimate of drug-likeness (QED) is 0.343. The SMILES string of the molecule is COC(=O)c1sc(NC(=O)C=Cc2cn(-c3ccccc3)nc2-c2ccccc2)nc1C. The van der Waals surface area contributed by atoms with Crippen molar-refractivity contribution in [2.24, 2.45) is 0 Å². The number of rotatable bonds is 6. The molecule has 0 saturated heterocycles. The zero-order valence-electron chi connectivity index (χ0n) is 17.5. The van der Waals surface area contributed by atoms with Crippen LogP contribution in [0.2, 0.25) is 0 Å². The van der Waals surface area contributed by atoms with Crippen molar-refractivity contribution < 1.29 is 14.3 Å². The molecule has 0 aliphatic rings. The number of ether oxygens (including phenoxy) is 1. The number of hydrogen-bond acceptors (Lipinski definition) is 6. The number of benzene rings is 2. The number of carbonyl (C=O) groups is 2. The fraction of sp³-hybridized carbons (Fsp3) is 0.0833. The van der Waals surface area contributed by atoms with E-state index in [0.717, 1.165) is 33.8 Å². The number of aryl methyl sites for hydroxylation is 1. The first-order valence-electron chi connectivity index (χ1n) is 9.80. The largest absolute Gasteiger partial charge is 0.465 e. The molecular formula is C24H20N4O3S. The summed E-state index contributed by atoms with van der Waals surface area (Å²) in [7, 11) is 1.31. The van der Waals surface area contributed by atoms with Gasteiger partial charge in [0.05, 0.1) is 24.2 Å². The normalized spacial score (nSPS) is 10.9. The van der Waals surface area contributed by atoms with Gasteiger partial charge in [0.25, 0.3) is 0 Å². The van der Waals surface area contributed by atoms with E-state index in [1.165, 1.54) is 13.2 Å². The monoisotopic (exact) mass is 444 g/mol. The summed E-state index contributed by atoms with van der Waals surface area (Å²) in [6, 6.07) is 19.5. The summed E-state index contributed by atoms with van der Waals surface area (Å²) in [6.07, 6.45) is 5.02. The smallest absolute Gasteiger partial charge is 0.350 e. The maximum Gasteiger partial charge on any atom is 0.350 e. The Kier molecular flexibility index (Phi) is 6.23. The minimum atomic E-state index is -0.475. The first kappa shape index (κ1) is 21.2. The second-order valence-electron chi connectivity index (χ2n) is 6.83. The van der Waals surface area contributed by atoms with E-state index >= 15 is 0 Å². The topological polar surface area (TPSA) is 86.1 Å². The maximum absolute atomic E-state index is 12.5. The van der Waals surface area contributed by atoms with Crippen LogP contribution in [0.1, 0.15) is 20.9 Å². The van der Waals surface area contributed by atoms with Gasteiger partial charge in [-0.25, -0.2) is 14.5 Å². The lowest BCUT2D eigenvalue weighted by Crippen LogP contribution is -2.07. The van der Waals surface area contributed by atoms with Crippen molar-refractivity contribution in [3.05, 3.63) is 89.1 Å². The molecule has 0 spiro atoms. The van der Waals surface area contributed by atoms with Crippen molar-refractivity contribution in [3.63, 3.8) is 0 Å². The molecule has 0 radical (unpaired) electrons. The summed E-state index contributed by atoms with van der Waals surface area (Å²) < 4.78 is 6.51. The van der Waals surface area contributed by atoms with Gasteiger partial charge in [0, 0.05) is 23.4 Å². The first-order valence-corrected chi connectivity index (χ1v) is 10.6. The number of carbonyl (C=O) groups excluding carboxylic acids is 2. The van der Waals surface area contributed by atoms with E-state index in [4.69, 9.17) is 9.84 Å². The van der Waals surface area contributed by atoms with Gasteiger partial charge in [-0.2, -0.15) is 5.10 Å². The molecule has 0 unspecified atom stereocenters. The van der Waals surface area contributed by atoms with E-state index in [-0.39, 0.29) is 5.91 Å². The Hall–Kier alpha value is -4.04. The number of nitrogens with zero attached hydrogens (tertiary/aromatic N) is 3. The van der Waals surface area contributed by atoms with Crippen molar-refractivity contribution >= 4 is 34.4 Å². The standard InChI is InChI=1S/C24H20N4O3S/c1-16-22(23(30)31-2)32-24(25-16)26-20(29)14-13-18-15-28(19-11-7-4-8-12-19)27-21(18)17-9-5-3-6-10-17/h3-15H,1-2H3,(H,25,26,29). The lowest BCUT2D eigenvalue weighted by molar-refractivity contribution is -0.111. The maximum atomic E-state index is 12.5. The van der Waals surface area contributed by atoms with Crippen LogP contribution < -0.4 is 5.32 Å². The number of para-hydroxylation sites is 1. The second kappa shape index (κ2) is 9.40. The molecule has 2 heterocycles. The molecule has 7 nitrogen and oxygen atoms in total. The van der Waals surface area contributed by atoms with Crippen molar-refractivity contribution in [2.45, 2.75) is 6.92 Å². The lowest BCUT2D eigenvalue weighted by Gasteiger charge is -2.00. The van der Waals surface area contributed by atoms with Crippen molar-refractivity contribution in [3.8, 4) is 16.9 Å². The molecule has 1 N–H and O–H groups in total. The molecule has 0 fully saturated rings. The molecule has 1 amide bonds. The summed E-state index contributed by atoms with van der Waals surface area (Å²) in [4.78, 5) is 28.8. The number of hydrogen-bond donors (Lipinski definition) is 1. The van der Waals surface area contributed by atoms with Gasteiger partial charge in [0.1, 0.15) is 4.88 Å². The summed E-state index contributed by atoms with van der Waals surface area (Å²) in [6.45, 7) is 1.69. The second-order valence-corrected chi connectivity index (χ2v) is 7.83. The van der Waals surface area contributed by atoms with Crippen LogP contribution in [0.4, 0.5) is 5.13 Å². The van der Waals surface area contributed by atoms with Gasteiger partial charge >= 0.3 is 5.97 Å². The highest BCUT2D eigenvalue weighted by molar-refractivity contribution is 7.17. The van der Waals surface area contributed by atoms with E-state index in [1.807, 2.05) is 66.9 Å². The van der Waals surface area contributed by atoms with Crippen LogP contribution in [0.5, 0.6) is 0 Å². The zero-order valence-corrected chi connectivity index (χ0v) is 18.3. The first-order chi connectivity index (χ1) is 15.5. The molecule has 0 atom stereocenters. The van der Waals surface area contributed by atoms with Gasteiger partial charge < -0.3 is 4.74 Å². The highest BCUT2D eigenvalue weighted by Crippen LogP contribution is 2.26. The molecule has 160 valence electrons. The predicted octanol–water partition coefficient (Wildman–Crippen LogP) is 4.74.